The summed E-state index contributed by atoms with van der Waals surface area (Å²) in [5, 5.41) is 15.8. The highest BCUT2D eigenvalue weighted by atomic mass is 79.9. The number of amides is 2. The molecule has 0 fully saturated rings. The van der Waals surface area contributed by atoms with E-state index < -0.39 is 5.82 Å². The first kappa shape index (κ1) is 44.4. The van der Waals surface area contributed by atoms with Gasteiger partial charge >= 0.3 is 0 Å². The number of nitrogens with one attached hydrogen (secondary N) is 1. The summed E-state index contributed by atoms with van der Waals surface area (Å²) in [6.07, 6.45) is 0. The van der Waals surface area contributed by atoms with E-state index in [9.17, 15) is 28.0 Å². The van der Waals surface area contributed by atoms with Crippen LogP contribution in [0.5, 0.6) is 0 Å². The third-order valence-electron chi connectivity index (χ3n) is 10.0. The molecule has 0 aliphatic rings. The van der Waals surface area contributed by atoms with E-state index >= 15 is 0 Å². The second-order valence-electron chi connectivity index (χ2n) is 14.4. The first-order chi connectivity index (χ1) is 31.3. The average molecular weight is 978 g/mol. The number of aromatic amines is 1. The number of aromatic nitrogens is 6. The van der Waals surface area contributed by atoms with Gasteiger partial charge in [0.15, 0.2) is 22.9 Å². The van der Waals surface area contributed by atoms with Gasteiger partial charge in [-0.2, -0.15) is 10.2 Å². The number of hydrogen-bond acceptors (Lipinski definition) is 12. The maximum absolute atomic E-state index is 13.8. The Morgan fingerprint density at radius 3 is 1.78 bits per heavy atom. The van der Waals surface area contributed by atoms with Gasteiger partial charge < -0.3 is 18.6 Å². The van der Waals surface area contributed by atoms with Crippen LogP contribution >= 0.6 is 38.6 Å². The van der Waals surface area contributed by atoms with Gasteiger partial charge in [0.05, 0.1) is 25.5 Å². The Hall–Kier alpha value is -7.22. The molecule has 14 nitrogen and oxygen atoms in total. The van der Waals surface area contributed by atoms with E-state index in [0.717, 1.165) is 20.6 Å². The molecule has 19 heteroatoms. The summed E-state index contributed by atoms with van der Waals surface area (Å²) in [5.74, 6) is 0.101. The molecule has 0 aliphatic heterocycles. The predicted octanol–water partition coefficient (Wildman–Crippen LogP) is 9.66. The second kappa shape index (κ2) is 18.9. The minimum atomic E-state index is -0.402. The molecule has 0 unspecified atom stereocenters. The van der Waals surface area contributed by atoms with Crippen molar-refractivity contribution in [2.45, 2.75) is 20.4 Å². The third kappa shape index (κ3) is 9.52. The Morgan fingerprint density at radius 2 is 1.23 bits per heavy atom. The topological polar surface area (TPSA) is 173 Å². The van der Waals surface area contributed by atoms with E-state index in [4.69, 9.17) is 8.83 Å². The molecule has 0 radical (unpaired) electrons. The van der Waals surface area contributed by atoms with Crippen LogP contribution in [-0.4, -0.2) is 61.2 Å². The lowest BCUT2D eigenvalue weighted by atomic mass is 10.1. The highest BCUT2D eigenvalue weighted by Crippen LogP contribution is 2.31. The van der Waals surface area contributed by atoms with Crippen LogP contribution in [0.1, 0.15) is 11.8 Å². The first-order valence-corrected chi connectivity index (χ1v) is 22.5. The van der Waals surface area contributed by atoms with Gasteiger partial charge in [-0.1, -0.05) is 40.2 Å². The van der Waals surface area contributed by atoms with Crippen LogP contribution in [0, 0.1) is 25.5 Å². The lowest BCUT2D eigenvalue weighted by Crippen LogP contribution is -2.35. The monoisotopic (exact) mass is 976 g/mol. The number of anilines is 2. The number of benzene rings is 4. The van der Waals surface area contributed by atoms with Crippen LogP contribution in [0.4, 0.5) is 20.2 Å². The molecule has 0 bridgehead atoms. The van der Waals surface area contributed by atoms with E-state index in [1.54, 1.807) is 92.8 Å². The molecule has 328 valence electrons. The first-order valence-electron chi connectivity index (χ1n) is 19.6. The summed E-state index contributed by atoms with van der Waals surface area (Å²) >= 11 is 5.92. The third-order valence-corrected chi connectivity index (χ3v) is 12.4. The number of oxazole rings is 2. The standard InChI is InChI=1S/C23H17FN4O3S.C12H7FN2OS.C11H11BrN2O2/c1-13-25-18-7-6-16(11-19(18)31-13)27(2)20(29)12-28-23(30)17-8-9-32-22(17)21(26-28)14-4-3-5-15(24)10-14;13-8-3-1-2-7(6-8)10-11-9(4-5-17-11)12(16)15-14-10;1-7-13-9-4-3-8(5-10(9)16-7)14(2)11(15)6-12/h3-11H,12H2,1-2H3;1-6H,(H,15,16);3-5H,6H2,1-2H3. The largest absolute Gasteiger partial charge is 0.441 e. The van der Waals surface area contributed by atoms with Crippen LogP contribution in [0.3, 0.4) is 0 Å². The van der Waals surface area contributed by atoms with Crippen molar-refractivity contribution >= 4 is 104 Å². The molecule has 0 atom stereocenters. The summed E-state index contributed by atoms with van der Waals surface area (Å²) in [4.78, 5) is 60.4. The summed E-state index contributed by atoms with van der Waals surface area (Å²) in [5.41, 5.74) is 5.86. The molecule has 4 aromatic carbocycles. The number of aryl methyl sites for hydroxylation is 2. The van der Waals surface area contributed by atoms with Gasteiger partial charge in [0.25, 0.3) is 11.1 Å². The van der Waals surface area contributed by atoms with Gasteiger partial charge in [-0.3, -0.25) is 19.2 Å². The molecule has 0 saturated heterocycles. The molecule has 0 aliphatic carbocycles. The maximum Gasteiger partial charge on any atom is 0.276 e. The summed E-state index contributed by atoms with van der Waals surface area (Å²) < 4.78 is 40.5. The number of thiophene rings is 2. The number of fused-ring (bicyclic) bond motifs is 4. The molecule has 2 amide bonds. The SMILES string of the molecule is Cc1nc2ccc(N(C)C(=O)CBr)cc2o1.Cc1nc2ccc(N(C)C(=O)Cn3nc(-c4cccc(F)c4)c4sccc4c3=O)cc2o1.O=c1[nH]nc(-c2cccc(F)c2)c2sccc12. The van der Waals surface area contributed by atoms with Crippen LogP contribution < -0.4 is 20.9 Å². The van der Waals surface area contributed by atoms with Gasteiger partial charge in [-0.15, -0.1) is 22.7 Å². The zero-order valence-corrected chi connectivity index (χ0v) is 38.1. The lowest BCUT2D eigenvalue weighted by Gasteiger charge is -2.18. The molecule has 6 heterocycles. The summed E-state index contributed by atoms with van der Waals surface area (Å²) in [6, 6.07) is 26.4. The minimum absolute atomic E-state index is 0.00409. The van der Waals surface area contributed by atoms with Gasteiger partial charge in [-0.25, -0.2) is 28.5 Å². The average Bonchev–Trinajstić information content (AvgIpc) is 4.13. The Kier molecular flexibility index (Phi) is 12.9. The zero-order chi connectivity index (χ0) is 45.9. The number of likely N-dealkylation sites (N-methyl/N-ethyl adjacent to an activating group) is 1. The van der Waals surface area contributed by atoms with Crippen molar-refractivity contribution in [1.29, 1.82) is 0 Å². The number of alkyl halides is 1. The fourth-order valence-electron chi connectivity index (χ4n) is 6.75. The van der Waals surface area contributed by atoms with Crippen molar-refractivity contribution in [3.63, 3.8) is 0 Å². The highest BCUT2D eigenvalue weighted by molar-refractivity contribution is 9.09. The number of H-pyrrole nitrogens is 1. The molecule has 10 aromatic rings. The number of nitrogens with zero attached hydrogens (tertiary/aromatic N) is 7. The number of rotatable bonds is 7. The van der Waals surface area contributed by atoms with Crippen molar-refractivity contribution in [2.75, 3.05) is 29.2 Å². The van der Waals surface area contributed by atoms with E-state index in [1.165, 1.54) is 51.8 Å². The van der Waals surface area contributed by atoms with E-state index in [0.29, 0.717) is 77.5 Å². The molecule has 0 saturated carbocycles. The molecule has 6 aromatic heterocycles. The minimum Gasteiger partial charge on any atom is -0.441 e. The molecule has 65 heavy (non-hydrogen) atoms. The quantitative estimate of drug-likeness (QED) is 0.152. The van der Waals surface area contributed by atoms with E-state index in [1.807, 2.05) is 23.6 Å². The number of hydrogen-bond donors (Lipinski definition) is 1. The molecule has 1 N–H and O–H groups in total. The molecule has 0 spiro atoms. The van der Waals surface area contributed by atoms with Crippen LogP contribution in [0.2, 0.25) is 0 Å². The summed E-state index contributed by atoms with van der Waals surface area (Å²) in [7, 11) is 3.35. The van der Waals surface area contributed by atoms with Gasteiger partial charge in [0, 0.05) is 62.6 Å². The van der Waals surface area contributed by atoms with Crippen molar-refractivity contribution in [2.24, 2.45) is 0 Å². The Bertz CT molecular complexity index is 3520. The Labute approximate surface area is 383 Å². The predicted molar refractivity (Wildman–Crippen MR) is 253 cm³/mol. The van der Waals surface area contributed by atoms with Gasteiger partial charge in [0.2, 0.25) is 11.8 Å². The van der Waals surface area contributed by atoms with E-state index in [-0.39, 0.29) is 35.3 Å². The van der Waals surface area contributed by atoms with Gasteiger partial charge in [-0.05, 0) is 71.4 Å². The van der Waals surface area contributed by atoms with Crippen LogP contribution in [0.25, 0.3) is 64.9 Å². The van der Waals surface area contributed by atoms with Crippen molar-refractivity contribution in [1.82, 2.24) is 29.9 Å². The van der Waals surface area contributed by atoms with E-state index in [2.05, 4.69) is 41.2 Å². The highest BCUT2D eigenvalue weighted by Gasteiger charge is 2.19. The van der Waals surface area contributed by atoms with Crippen molar-refractivity contribution < 1.29 is 27.2 Å². The van der Waals surface area contributed by atoms with Gasteiger partial charge in [0.1, 0.15) is 40.6 Å². The number of carbonyl (C=O) groups is 2. The summed E-state index contributed by atoms with van der Waals surface area (Å²) in [6.45, 7) is 3.29. The maximum atomic E-state index is 13.8. The Balaban J connectivity index is 0.000000147. The van der Waals surface area contributed by atoms with Crippen LogP contribution in [-0.2, 0) is 16.1 Å². The van der Waals surface area contributed by atoms with Crippen molar-refractivity contribution in [3.8, 4) is 22.5 Å². The smallest absolute Gasteiger partial charge is 0.276 e. The zero-order valence-electron chi connectivity index (χ0n) is 34.8. The molecular weight excluding hydrogens is 943 g/mol. The Morgan fingerprint density at radius 1 is 0.708 bits per heavy atom. The number of halogens is 3. The molecule has 10 rings (SSSR count). The van der Waals surface area contributed by atoms with Crippen molar-refractivity contribution in [3.05, 3.63) is 152 Å². The fraction of sp³-hybridized carbons (Fsp3) is 0.130. The number of carbonyl (C=O) groups excluding carboxylic acids is 2. The molecular formula is C46H35BrF2N8O6S2. The fourth-order valence-corrected chi connectivity index (χ4v) is 8.92. The van der Waals surface area contributed by atoms with Crippen LogP contribution in [0.15, 0.2) is 126 Å². The second-order valence-corrected chi connectivity index (χ2v) is 16.8. The lowest BCUT2D eigenvalue weighted by molar-refractivity contribution is -0.119. The normalized spacial score (nSPS) is 11.1.